The molecular formula is C36H43NO13. The molecule has 9 atom stereocenters. The lowest BCUT2D eigenvalue weighted by atomic mass is 9.72. The van der Waals surface area contributed by atoms with Crippen molar-refractivity contribution in [2.24, 2.45) is 0 Å². The Morgan fingerprint density at radius 3 is 2.58 bits per heavy atom. The molecule has 0 spiro atoms. The first-order valence-corrected chi connectivity index (χ1v) is 17.0. The van der Waals surface area contributed by atoms with Crippen molar-refractivity contribution < 1.29 is 62.9 Å². The summed E-state index contributed by atoms with van der Waals surface area (Å²) in [6.45, 7) is 6.17. The number of Topliss-reactive ketones (excluding diaryl/α,β-unsaturated/α-hetero) is 1. The zero-order valence-electron chi connectivity index (χ0n) is 28.7. The molecule has 270 valence electrons. The van der Waals surface area contributed by atoms with Crippen LogP contribution in [-0.2, 0) is 39.6 Å². The molecule has 3 fully saturated rings. The van der Waals surface area contributed by atoms with Crippen LogP contribution in [0.25, 0.3) is 0 Å². The van der Waals surface area contributed by atoms with Gasteiger partial charge in [-0.25, -0.2) is 0 Å². The maximum absolute atomic E-state index is 14.0. The van der Waals surface area contributed by atoms with Crippen molar-refractivity contribution in [1.82, 2.24) is 4.90 Å². The summed E-state index contributed by atoms with van der Waals surface area (Å²) in [4.78, 5) is 43.7. The number of benzene rings is 2. The average molecular weight is 698 g/mol. The number of hydrogen-bond acceptors (Lipinski definition) is 14. The quantitative estimate of drug-likeness (QED) is 0.278. The summed E-state index contributed by atoms with van der Waals surface area (Å²) < 4.78 is 41.4. The van der Waals surface area contributed by atoms with Gasteiger partial charge in [0.05, 0.1) is 48.7 Å². The van der Waals surface area contributed by atoms with E-state index in [9.17, 15) is 29.7 Å². The second kappa shape index (κ2) is 13.3. The molecule has 50 heavy (non-hydrogen) atoms. The molecule has 2 aromatic carbocycles. The van der Waals surface area contributed by atoms with Gasteiger partial charge in [0.25, 0.3) is 0 Å². The van der Waals surface area contributed by atoms with Crippen LogP contribution >= 0.6 is 0 Å². The Kier molecular flexibility index (Phi) is 9.27. The van der Waals surface area contributed by atoms with Gasteiger partial charge in [-0.1, -0.05) is 19.1 Å². The van der Waals surface area contributed by atoms with Gasteiger partial charge in [-0.15, -0.1) is 0 Å². The number of morpholine rings is 1. The molecule has 0 amide bonds. The standard InChI is InChI=1S/C36H43NO13/c1-6-16(2)47-15-23(38)36(43)13-19-26(32(42)28-27(30(19)40)29(39)18-8-7-9-21(44-4)25(18)31(28)41)22(14-36)49-24-12-20-33(17(3)48-24)50-34-35(45-5)46-11-10-37(20)34/h7-9,16-17,20,22,24,33-35,40,42-43H,6,10-15H2,1-5H3/t16?,17-,20?,22-,24-,33+,34+,35-,36-/m0/s1. The van der Waals surface area contributed by atoms with Crippen LogP contribution in [0.4, 0.5) is 0 Å². The fourth-order valence-electron chi connectivity index (χ4n) is 8.01. The zero-order valence-corrected chi connectivity index (χ0v) is 28.7. The van der Waals surface area contributed by atoms with Gasteiger partial charge in [0.2, 0.25) is 5.78 Å². The number of carbonyl (C=O) groups excluding carboxylic acids is 3. The van der Waals surface area contributed by atoms with Crippen molar-refractivity contribution in [1.29, 1.82) is 0 Å². The van der Waals surface area contributed by atoms with Crippen molar-refractivity contribution in [2.75, 3.05) is 34.0 Å². The molecular weight excluding hydrogens is 654 g/mol. The molecule has 0 bridgehead atoms. The fraction of sp³-hybridized carbons (Fsp3) is 0.583. The summed E-state index contributed by atoms with van der Waals surface area (Å²) in [7, 11) is 2.91. The second-order valence-electron chi connectivity index (χ2n) is 13.6. The van der Waals surface area contributed by atoms with Crippen LogP contribution in [-0.4, -0.2) is 120 Å². The van der Waals surface area contributed by atoms with Crippen molar-refractivity contribution in [3.63, 3.8) is 0 Å². The third-order valence-corrected chi connectivity index (χ3v) is 10.8. The monoisotopic (exact) mass is 697 g/mol. The Morgan fingerprint density at radius 2 is 1.86 bits per heavy atom. The number of aromatic hydroxyl groups is 2. The number of carbonyl (C=O) groups is 3. The van der Waals surface area contributed by atoms with Gasteiger partial charge in [-0.05, 0) is 26.3 Å². The molecule has 0 saturated carbocycles. The highest BCUT2D eigenvalue weighted by atomic mass is 16.7. The van der Waals surface area contributed by atoms with Crippen LogP contribution in [0.2, 0.25) is 0 Å². The Morgan fingerprint density at radius 1 is 1.10 bits per heavy atom. The number of rotatable bonds is 9. The molecule has 3 N–H and O–H groups in total. The number of ketones is 3. The third kappa shape index (κ3) is 5.53. The summed E-state index contributed by atoms with van der Waals surface area (Å²) >= 11 is 0. The summed E-state index contributed by atoms with van der Waals surface area (Å²) in [5, 5.41) is 35.7. The molecule has 14 nitrogen and oxygen atoms in total. The van der Waals surface area contributed by atoms with E-state index in [0.717, 1.165) is 0 Å². The van der Waals surface area contributed by atoms with Crippen LogP contribution < -0.4 is 4.74 Å². The number of nitrogens with zero attached hydrogens (tertiary/aromatic N) is 1. The number of fused-ring (bicyclic) bond motifs is 6. The van der Waals surface area contributed by atoms with Crippen molar-refractivity contribution in [3.05, 3.63) is 51.6 Å². The smallest absolute Gasteiger partial charge is 0.202 e. The molecule has 2 unspecified atom stereocenters. The third-order valence-electron chi connectivity index (χ3n) is 10.8. The molecule has 2 aromatic rings. The normalized spacial score (nSPS) is 32.4. The van der Waals surface area contributed by atoms with Crippen molar-refractivity contribution >= 4 is 17.3 Å². The van der Waals surface area contributed by atoms with E-state index >= 15 is 0 Å². The minimum atomic E-state index is -2.12. The Balaban J connectivity index is 1.29. The number of ether oxygens (including phenoxy) is 7. The highest BCUT2D eigenvalue weighted by Gasteiger charge is 2.55. The maximum Gasteiger partial charge on any atom is 0.202 e. The van der Waals surface area contributed by atoms with Gasteiger partial charge in [0.15, 0.2) is 30.4 Å². The predicted octanol–water partition coefficient (Wildman–Crippen LogP) is 2.53. The number of methoxy groups -OCH3 is 2. The van der Waals surface area contributed by atoms with E-state index in [1.807, 2.05) is 13.8 Å². The van der Waals surface area contributed by atoms with Gasteiger partial charge in [-0.3, -0.25) is 19.3 Å². The van der Waals surface area contributed by atoms with Gasteiger partial charge in [0.1, 0.15) is 35.6 Å². The van der Waals surface area contributed by atoms with E-state index < -0.39 is 89.6 Å². The van der Waals surface area contributed by atoms with Crippen LogP contribution in [0, 0.1) is 0 Å². The van der Waals surface area contributed by atoms with E-state index in [-0.39, 0.29) is 52.7 Å². The molecule has 0 radical (unpaired) electrons. The van der Waals surface area contributed by atoms with Gasteiger partial charge >= 0.3 is 0 Å². The van der Waals surface area contributed by atoms with Crippen molar-refractivity contribution in [2.45, 2.75) is 101 Å². The van der Waals surface area contributed by atoms with Crippen LogP contribution in [0.1, 0.15) is 89.1 Å². The first-order valence-electron chi connectivity index (χ1n) is 17.0. The average Bonchev–Trinajstić information content (AvgIpc) is 3.49. The minimum Gasteiger partial charge on any atom is -0.507 e. The minimum absolute atomic E-state index is 0.00851. The van der Waals surface area contributed by atoms with Crippen LogP contribution in [0.3, 0.4) is 0 Å². The zero-order chi connectivity index (χ0) is 35.6. The lowest BCUT2D eigenvalue weighted by Crippen LogP contribution is -2.55. The molecule has 5 aliphatic rings. The summed E-state index contributed by atoms with van der Waals surface area (Å²) in [6, 6.07) is 4.35. The lowest BCUT2D eigenvalue weighted by molar-refractivity contribution is -0.256. The molecule has 3 aliphatic heterocycles. The first kappa shape index (κ1) is 35.0. The van der Waals surface area contributed by atoms with Crippen molar-refractivity contribution in [3.8, 4) is 17.2 Å². The molecule has 3 saturated heterocycles. The first-order chi connectivity index (χ1) is 23.9. The molecule has 2 aliphatic carbocycles. The fourth-order valence-corrected chi connectivity index (χ4v) is 8.01. The Hall–Kier alpha value is -3.47. The van der Waals surface area contributed by atoms with E-state index in [2.05, 4.69) is 4.90 Å². The largest absolute Gasteiger partial charge is 0.507 e. The second-order valence-corrected chi connectivity index (χ2v) is 13.6. The van der Waals surface area contributed by atoms with E-state index in [1.165, 1.54) is 19.2 Å². The Labute approximate surface area is 289 Å². The Bertz CT molecular complexity index is 1710. The predicted molar refractivity (Wildman–Crippen MR) is 172 cm³/mol. The SMILES string of the molecule is CCC(C)OCC(=O)[C@]1(O)Cc2c(O)c3c(c(O)c2[C@@H](O[C@H]2CC4[C@H](O[C@@H]5[C@@H](OC)OCCN45)[C@H](C)O2)C1)C(=O)c1c(OC)cccc1C3=O. The van der Waals surface area contributed by atoms with E-state index in [1.54, 1.807) is 20.1 Å². The van der Waals surface area contributed by atoms with E-state index in [0.29, 0.717) is 26.0 Å². The lowest BCUT2D eigenvalue weighted by Gasteiger charge is -2.43. The topological polar surface area (TPSA) is 180 Å². The number of phenolic OH excluding ortho intramolecular Hbond substituents is 2. The highest BCUT2D eigenvalue weighted by molar-refractivity contribution is 6.31. The van der Waals surface area contributed by atoms with E-state index in [4.69, 9.17) is 33.2 Å². The highest BCUT2D eigenvalue weighted by Crippen LogP contribution is 2.53. The van der Waals surface area contributed by atoms with Crippen LogP contribution in [0.5, 0.6) is 17.2 Å². The van der Waals surface area contributed by atoms with Gasteiger partial charge < -0.3 is 48.5 Å². The summed E-state index contributed by atoms with van der Waals surface area (Å²) in [5.74, 6) is -3.17. The number of aliphatic hydroxyl groups is 1. The summed E-state index contributed by atoms with van der Waals surface area (Å²) in [5.41, 5.74) is -3.08. The molecule has 14 heteroatoms. The number of phenols is 2. The molecule has 0 aromatic heterocycles. The van der Waals surface area contributed by atoms with Gasteiger partial charge in [-0.2, -0.15) is 0 Å². The summed E-state index contributed by atoms with van der Waals surface area (Å²) in [6.07, 6.45) is -4.08. The maximum atomic E-state index is 14.0. The molecule has 7 rings (SSSR count). The van der Waals surface area contributed by atoms with Crippen LogP contribution in [0.15, 0.2) is 18.2 Å². The van der Waals surface area contributed by atoms with Gasteiger partial charge in [0, 0.05) is 55.6 Å². The number of hydrogen-bond donors (Lipinski definition) is 3. The molecule has 3 heterocycles.